The van der Waals surface area contributed by atoms with Crippen LogP contribution >= 0.6 is 0 Å². The third kappa shape index (κ3) is 9.65. The number of hydrogen-bond acceptors (Lipinski definition) is 3. The third-order valence-electron chi connectivity index (χ3n) is 1.80. The summed E-state index contributed by atoms with van der Waals surface area (Å²) in [5.74, 6) is -0.371. The lowest BCUT2D eigenvalue weighted by molar-refractivity contribution is -0.142. The number of carbonyl (C=O) groups is 1. The van der Waals surface area contributed by atoms with Crippen molar-refractivity contribution < 1.29 is 26.8 Å². The molecule has 0 radical (unpaired) electrons. The van der Waals surface area contributed by atoms with Crippen molar-refractivity contribution in [1.82, 2.24) is 0 Å². The molecule has 1 unspecified atom stereocenters. The highest BCUT2D eigenvalue weighted by atomic mass is 19.5. The van der Waals surface area contributed by atoms with Gasteiger partial charge in [0.2, 0.25) is 0 Å². The van der Waals surface area contributed by atoms with Crippen LogP contribution in [0.1, 0.15) is 5.56 Å². The largest absolute Gasteiger partial charge is 0.673 e. The molecule has 0 bridgehead atoms. The number of halogens is 4. The number of hydrogen-bond donors (Lipinski definition) is 1. The molecule has 1 aromatic rings. The summed E-state index contributed by atoms with van der Waals surface area (Å²) in [4.78, 5) is 11.0. The molecule has 0 aliphatic rings. The Morgan fingerprint density at radius 1 is 1.28 bits per heavy atom. The van der Waals surface area contributed by atoms with Crippen LogP contribution in [0.4, 0.5) is 17.3 Å². The van der Waals surface area contributed by atoms with Crippen LogP contribution < -0.4 is 5.73 Å². The van der Waals surface area contributed by atoms with Gasteiger partial charge in [0.15, 0.2) is 0 Å². The quantitative estimate of drug-likeness (QED) is 0.517. The van der Waals surface area contributed by atoms with Gasteiger partial charge in [-0.15, -0.1) is 0 Å². The standard InChI is InChI=1S/C10H13NO2.BF4/c1-13-10(12)9(11)7-8-5-3-2-4-6-8;2-1(3,4)5/h2-6,9H,7,11H2,1H3;/q;-1. The Balaban J connectivity index is 0.000000494. The maximum atomic E-state index is 11.0. The van der Waals surface area contributed by atoms with Crippen molar-refractivity contribution >= 4 is 13.2 Å². The summed E-state index contributed by atoms with van der Waals surface area (Å²) in [6.07, 6.45) is 0.521. The maximum Gasteiger partial charge on any atom is 0.673 e. The van der Waals surface area contributed by atoms with Gasteiger partial charge in [0.25, 0.3) is 0 Å². The smallest absolute Gasteiger partial charge is 0.468 e. The van der Waals surface area contributed by atoms with Gasteiger partial charge < -0.3 is 27.7 Å². The van der Waals surface area contributed by atoms with Crippen LogP contribution in [0.2, 0.25) is 0 Å². The lowest BCUT2D eigenvalue weighted by atomic mass is 10.1. The van der Waals surface area contributed by atoms with Crippen molar-refractivity contribution in [3.8, 4) is 0 Å². The normalized spacial score (nSPS) is 12.1. The van der Waals surface area contributed by atoms with Gasteiger partial charge in [-0.05, 0) is 12.0 Å². The van der Waals surface area contributed by atoms with Crippen LogP contribution in [-0.2, 0) is 16.0 Å². The number of ether oxygens (including phenoxy) is 1. The van der Waals surface area contributed by atoms with E-state index in [2.05, 4.69) is 4.74 Å². The molecule has 0 heterocycles. The summed E-state index contributed by atoms with van der Waals surface area (Å²) >= 11 is 0. The maximum absolute atomic E-state index is 11.0. The molecule has 0 spiro atoms. The first kappa shape index (κ1) is 16.4. The molecule has 0 saturated heterocycles. The summed E-state index contributed by atoms with van der Waals surface area (Å²) in [5, 5.41) is 0. The van der Waals surface area contributed by atoms with Gasteiger partial charge in [-0.1, -0.05) is 30.3 Å². The molecule has 3 nitrogen and oxygen atoms in total. The first-order valence-corrected chi connectivity index (χ1v) is 4.98. The fraction of sp³-hybridized carbons (Fsp3) is 0.300. The number of rotatable bonds is 3. The minimum absolute atomic E-state index is 0.371. The molecular formula is C10H13BF4NO2-. The van der Waals surface area contributed by atoms with E-state index >= 15 is 0 Å². The highest BCUT2D eigenvalue weighted by molar-refractivity contribution is 6.50. The van der Waals surface area contributed by atoms with Crippen LogP contribution in [0, 0.1) is 0 Å². The average molecular weight is 266 g/mol. The summed E-state index contributed by atoms with van der Waals surface area (Å²) in [6, 6.07) is 9.06. The molecule has 0 aromatic heterocycles. The van der Waals surface area contributed by atoms with Gasteiger partial charge in [-0.2, -0.15) is 0 Å². The highest BCUT2D eigenvalue weighted by Gasteiger charge is 2.20. The second-order valence-electron chi connectivity index (χ2n) is 3.31. The highest BCUT2D eigenvalue weighted by Crippen LogP contribution is 2.06. The first-order valence-electron chi connectivity index (χ1n) is 4.98. The van der Waals surface area contributed by atoms with E-state index in [-0.39, 0.29) is 5.97 Å². The number of methoxy groups -OCH3 is 1. The topological polar surface area (TPSA) is 52.3 Å². The van der Waals surface area contributed by atoms with Gasteiger partial charge >= 0.3 is 13.2 Å². The molecule has 102 valence electrons. The van der Waals surface area contributed by atoms with E-state index in [9.17, 15) is 22.1 Å². The van der Waals surface area contributed by atoms with E-state index in [0.29, 0.717) is 6.42 Å². The van der Waals surface area contributed by atoms with Crippen LogP contribution in [0.25, 0.3) is 0 Å². The van der Waals surface area contributed by atoms with Crippen molar-refractivity contribution in [2.45, 2.75) is 12.5 Å². The zero-order chi connectivity index (χ0) is 14.2. The Hall–Kier alpha value is -1.57. The summed E-state index contributed by atoms with van der Waals surface area (Å²) in [7, 11) is -4.66. The van der Waals surface area contributed by atoms with Crippen molar-refractivity contribution in [2.75, 3.05) is 7.11 Å². The molecular weight excluding hydrogens is 253 g/mol. The fourth-order valence-corrected chi connectivity index (χ4v) is 1.10. The second-order valence-corrected chi connectivity index (χ2v) is 3.31. The molecule has 0 amide bonds. The molecule has 0 aliphatic carbocycles. The van der Waals surface area contributed by atoms with Crippen molar-refractivity contribution in [3.63, 3.8) is 0 Å². The molecule has 1 rings (SSSR count). The second kappa shape index (κ2) is 7.70. The van der Waals surface area contributed by atoms with Gasteiger partial charge in [0.1, 0.15) is 6.04 Å². The van der Waals surface area contributed by atoms with Gasteiger partial charge in [0.05, 0.1) is 7.11 Å². The Morgan fingerprint density at radius 2 is 1.72 bits per heavy atom. The SMILES string of the molecule is COC(=O)C(N)Cc1ccccc1.F[B-](F)(F)F. The predicted molar refractivity (Wildman–Crippen MR) is 60.3 cm³/mol. The Kier molecular flexibility index (Phi) is 7.03. The number of nitrogens with two attached hydrogens (primary N) is 1. The molecule has 0 fully saturated rings. The van der Waals surface area contributed by atoms with Crippen LogP contribution in [-0.4, -0.2) is 26.4 Å². The van der Waals surface area contributed by atoms with Gasteiger partial charge in [-0.25, -0.2) is 0 Å². The molecule has 1 atom stereocenters. The lowest BCUT2D eigenvalue weighted by Gasteiger charge is -2.08. The lowest BCUT2D eigenvalue weighted by Crippen LogP contribution is -2.33. The molecule has 1 aromatic carbocycles. The first-order chi connectivity index (χ1) is 8.24. The van der Waals surface area contributed by atoms with E-state index in [1.165, 1.54) is 7.11 Å². The molecule has 0 aliphatic heterocycles. The average Bonchev–Trinajstić information content (AvgIpc) is 2.27. The zero-order valence-electron chi connectivity index (χ0n) is 9.65. The van der Waals surface area contributed by atoms with Crippen LogP contribution in [0.3, 0.4) is 0 Å². The minimum atomic E-state index is -6.00. The van der Waals surface area contributed by atoms with Gasteiger partial charge in [-0.3, -0.25) is 4.79 Å². The third-order valence-corrected chi connectivity index (χ3v) is 1.80. The van der Waals surface area contributed by atoms with Crippen LogP contribution in [0.5, 0.6) is 0 Å². The summed E-state index contributed by atoms with van der Waals surface area (Å²) in [5.41, 5.74) is 6.63. The van der Waals surface area contributed by atoms with Gasteiger partial charge in [0, 0.05) is 0 Å². The molecule has 0 saturated carbocycles. The summed E-state index contributed by atoms with van der Waals surface area (Å²) < 4.78 is 43.5. The van der Waals surface area contributed by atoms with Crippen LogP contribution in [0.15, 0.2) is 30.3 Å². The number of benzene rings is 1. The predicted octanol–water partition coefficient (Wildman–Crippen LogP) is 2.03. The van der Waals surface area contributed by atoms with Crippen molar-refractivity contribution in [2.24, 2.45) is 5.73 Å². The van der Waals surface area contributed by atoms with E-state index in [4.69, 9.17) is 5.73 Å². The molecule has 2 N–H and O–H groups in total. The summed E-state index contributed by atoms with van der Waals surface area (Å²) in [6.45, 7) is 0. The number of carbonyl (C=O) groups excluding carboxylic acids is 1. The van der Waals surface area contributed by atoms with E-state index < -0.39 is 13.3 Å². The fourth-order valence-electron chi connectivity index (χ4n) is 1.10. The molecule has 18 heavy (non-hydrogen) atoms. The Bertz CT molecular complexity index is 353. The van der Waals surface area contributed by atoms with E-state index in [0.717, 1.165) is 5.56 Å². The van der Waals surface area contributed by atoms with Crippen molar-refractivity contribution in [3.05, 3.63) is 35.9 Å². The zero-order valence-corrected chi connectivity index (χ0v) is 9.65. The number of esters is 1. The Morgan fingerprint density at radius 3 is 2.11 bits per heavy atom. The van der Waals surface area contributed by atoms with E-state index in [1.807, 2.05) is 30.3 Å². The van der Waals surface area contributed by atoms with E-state index in [1.54, 1.807) is 0 Å². The Labute approximate surface area is 102 Å². The minimum Gasteiger partial charge on any atom is -0.468 e. The monoisotopic (exact) mass is 266 g/mol. The molecule has 8 heteroatoms. The van der Waals surface area contributed by atoms with Crippen molar-refractivity contribution in [1.29, 1.82) is 0 Å².